The molecule has 0 radical (unpaired) electrons. The third-order valence-corrected chi connectivity index (χ3v) is 3.44. The number of fused-ring (bicyclic) bond motifs is 2. The Hall–Kier alpha value is -2.54. The molecule has 7 nitrogen and oxygen atoms in total. The van der Waals surface area contributed by atoms with Gasteiger partial charge in [0.25, 0.3) is 5.56 Å². The van der Waals surface area contributed by atoms with E-state index in [2.05, 4.69) is 10.1 Å². The molecule has 0 atom stereocenters. The van der Waals surface area contributed by atoms with Gasteiger partial charge in [0, 0.05) is 0 Å². The lowest BCUT2D eigenvalue weighted by Crippen LogP contribution is -2.18. The summed E-state index contributed by atoms with van der Waals surface area (Å²) in [6, 6.07) is 4.70. The molecule has 0 fully saturated rings. The minimum atomic E-state index is -0.373. The second kappa shape index (κ2) is 5.34. The molecule has 0 aliphatic rings. The van der Waals surface area contributed by atoms with Crippen LogP contribution in [0.3, 0.4) is 0 Å². The first-order valence-electron chi connectivity index (χ1n) is 6.29. The predicted molar refractivity (Wildman–Crippen MR) is 81.4 cm³/mol. The van der Waals surface area contributed by atoms with Crippen LogP contribution in [0.2, 0.25) is 5.15 Å². The number of rotatable bonds is 3. The summed E-state index contributed by atoms with van der Waals surface area (Å²) in [5, 5.41) is 4.46. The van der Waals surface area contributed by atoms with Gasteiger partial charge in [0.05, 0.1) is 26.7 Å². The Morgan fingerprint density at radius 2 is 1.82 bits per heavy atom. The summed E-state index contributed by atoms with van der Waals surface area (Å²) in [6.45, 7) is 0. The van der Waals surface area contributed by atoms with Crippen LogP contribution < -0.4 is 19.8 Å². The van der Waals surface area contributed by atoms with Crippen molar-refractivity contribution in [1.29, 1.82) is 0 Å². The van der Waals surface area contributed by atoms with Crippen LogP contribution in [0.25, 0.3) is 16.6 Å². The Morgan fingerprint density at radius 1 is 1.09 bits per heavy atom. The Morgan fingerprint density at radius 3 is 2.45 bits per heavy atom. The SMILES string of the molecule is COc1cc2c(=O)n3nc(Cl)ccc3nc2c(OC)c1OC. The molecule has 114 valence electrons. The molecule has 0 aliphatic carbocycles. The highest BCUT2D eigenvalue weighted by atomic mass is 35.5. The Balaban J connectivity index is 2.55. The third-order valence-electron chi connectivity index (χ3n) is 3.24. The third kappa shape index (κ3) is 2.01. The van der Waals surface area contributed by atoms with Crippen molar-refractivity contribution < 1.29 is 14.2 Å². The van der Waals surface area contributed by atoms with Crippen LogP contribution in [0, 0.1) is 0 Å². The maximum atomic E-state index is 12.6. The molecule has 0 N–H and O–H groups in total. The average Bonchev–Trinajstić information content (AvgIpc) is 2.54. The van der Waals surface area contributed by atoms with Crippen LogP contribution in [0.4, 0.5) is 0 Å². The van der Waals surface area contributed by atoms with Gasteiger partial charge in [-0.2, -0.15) is 9.61 Å². The van der Waals surface area contributed by atoms with E-state index in [4.69, 9.17) is 25.8 Å². The number of benzene rings is 1. The molecule has 22 heavy (non-hydrogen) atoms. The zero-order chi connectivity index (χ0) is 15.9. The summed E-state index contributed by atoms with van der Waals surface area (Å²) >= 11 is 5.84. The number of hydrogen-bond donors (Lipinski definition) is 0. The van der Waals surface area contributed by atoms with E-state index in [0.717, 1.165) is 4.52 Å². The van der Waals surface area contributed by atoms with Crippen LogP contribution >= 0.6 is 11.6 Å². The minimum Gasteiger partial charge on any atom is -0.493 e. The van der Waals surface area contributed by atoms with E-state index < -0.39 is 0 Å². The van der Waals surface area contributed by atoms with Crippen LogP contribution in [-0.2, 0) is 0 Å². The maximum absolute atomic E-state index is 12.6. The van der Waals surface area contributed by atoms with Gasteiger partial charge in [-0.05, 0) is 18.2 Å². The van der Waals surface area contributed by atoms with Crippen molar-refractivity contribution in [2.24, 2.45) is 0 Å². The molecule has 0 aliphatic heterocycles. The molecule has 0 bridgehead atoms. The van der Waals surface area contributed by atoms with E-state index in [9.17, 15) is 4.79 Å². The largest absolute Gasteiger partial charge is 0.493 e. The number of aromatic nitrogens is 3. The first-order chi connectivity index (χ1) is 10.6. The quantitative estimate of drug-likeness (QED) is 0.686. The van der Waals surface area contributed by atoms with Gasteiger partial charge in [-0.1, -0.05) is 11.6 Å². The zero-order valence-corrected chi connectivity index (χ0v) is 12.8. The molecule has 2 aromatic heterocycles. The van der Waals surface area contributed by atoms with Gasteiger partial charge in [0.1, 0.15) is 10.7 Å². The Labute approximate surface area is 130 Å². The molecular formula is C14H12ClN3O4. The van der Waals surface area contributed by atoms with Gasteiger partial charge in [-0.25, -0.2) is 4.98 Å². The number of methoxy groups -OCH3 is 3. The standard InChI is InChI=1S/C14H12ClN3O4/c1-20-8-6-7-11(13(22-3)12(8)21-2)16-10-5-4-9(15)17-18(10)14(7)19/h4-6H,1-3H3. The van der Waals surface area contributed by atoms with E-state index in [0.29, 0.717) is 33.8 Å². The van der Waals surface area contributed by atoms with Crippen molar-refractivity contribution in [3.05, 3.63) is 33.7 Å². The molecule has 2 heterocycles. The Kier molecular flexibility index (Phi) is 3.50. The van der Waals surface area contributed by atoms with Crippen molar-refractivity contribution in [2.75, 3.05) is 21.3 Å². The highest BCUT2D eigenvalue weighted by molar-refractivity contribution is 6.29. The molecule has 3 aromatic rings. The smallest absolute Gasteiger partial charge is 0.282 e. The van der Waals surface area contributed by atoms with Gasteiger partial charge >= 0.3 is 0 Å². The average molecular weight is 322 g/mol. The molecule has 0 unspecified atom stereocenters. The molecule has 0 saturated heterocycles. The summed E-state index contributed by atoms with van der Waals surface area (Å²) in [5.41, 5.74) is 0.350. The van der Waals surface area contributed by atoms with Gasteiger partial charge < -0.3 is 14.2 Å². The van der Waals surface area contributed by atoms with Crippen molar-refractivity contribution in [3.63, 3.8) is 0 Å². The zero-order valence-electron chi connectivity index (χ0n) is 12.1. The topological polar surface area (TPSA) is 75.0 Å². The van der Waals surface area contributed by atoms with Crippen LogP contribution in [0.5, 0.6) is 17.2 Å². The number of hydrogen-bond acceptors (Lipinski definition) is 6. The second-order valence-corrected chi connectivity index (χ2v) is 4.77. The summed E-state index contributed by atoms with van der Waals surface area (Å²) in [7, 11) is 4.44. The summed E-state index contributed by atoms with van der Waals surface area (Å²) < 4.78 is 17.0. The lowest BCUT2D eigenvalue weighted by molar-refractivity contribution is 0.327. The van der Waals surface area contributed by atoms with Crippen molar-refractivity contribution in [2.45, 2.75) is 0 Å². The molecular weight excluding hydrogens is 310 g/mol. The van der Waals surface area contributed by atoms with E-state index in [1.165, 1.54) is 21.3 Å². The second-order valence-electron chi connectivity index (χ2n) is 4.38. The first kappa shape index (κ1) is 14.4. The molecule has 0 spiro atoms. The molecule has 3 rings (SSSR count). The highest BCUT2D eigenvalue weighted by Crippen LogP contribution is 2.41. The van der Waals surface area contributed by atoms with E-state index >= 15 is 0 Å². The van der Waals surface area contributed by atoms with Crippen LogP contribution in [0.1, 0.15) is 0 Å². The molecule has 0 saturated carbocycles. The van der Waals surface area contributed by atoms with Crippen LogP contribution in [-0.4, -0.2) is 35.9 Å². The minimum absolute atomic E-state index is 0.197. The number of halogens is 1. The van der Waals surface area contributed by atoms with E-state index in [1.807, 2.05) is 0 Å². The molecule has 0 amide bonds. The van der Waals surface area contributed by atoms with Crippen molar-refractivity contribution >= 4 is 28.2 Å². The predicted octanol–water partition coefficient (Wildman–Crippen LogP) is 1.92. The van der Waals surface area contributed by atoms with Crippen molar-refractivity contribution in [1.82, 2.24) is 14.6 Å². The Bertz CT molecular complexity index is 939. The van der Waals surface area contributed by atoms with Crippen LogP contribution in [0.15, 0.2) is 23.0 Å². The monoisotopic (exact) mass is 321 g/mol. The van der Waals surface area contributed by atoms with Gasteiger partial charge in [-0.3, -0.25) is 4.79 Å². The van der Waals surface area contributed by atoms with E-state index in [1.54, 1.807) is 18.2 Å². The van der Waals surface area contributed by atoms with Gasteiger partial charge in [-0.15, -0.1) is 0 Å². The molecule has 1 aromatic carbocycles. The van der Waals surface area contributed by atoms with Crippen molar-refractivity contribution in [3.8, 4) is 17.2 Å². The lowest BCUT2D eigenvalue weighted by atomic mass is 10.2. The normalized spacial score (nSPS) is 10.9. The fraction of sp³-hybridized carbons (Fsp3) is 0.214. The summed E-state index contributed by atoms with van der Waals surface area (Å²) in [6.07, 6.45) is 0. The van der Waals surface area contributed by atoms with E-state index in [-0.39, 0.29) is 10.7 Å². The maximum Gasteiger partial charge on any atom is 0.282 e. The number of nitrogens with zero attached hydrogens (tertiary/aromatic N) is 3. The molecule has 8 heteroatoms. The fourth-order valence-electron chi connectivity index (χ4n) is 2.27. The number of ether oxygens (including phenoxy) is 3. The first-order valence-corrected chi connectivity index (χ1v) is 6.66. The lowest BCUT2D eigenvalue weighted by Gasteiger charge is -2.14. The fourth-order valence-corrected chi connectivity index (χ4v) is 2.41. The highest BCUT2D eigenvalue weighted by Gasteiger charge is 2.20. The van der Waals surface area contributed by atoms with Gasteiger partial charge in [0.15, 0.2) is 17.1 Å². The summed E-state index contributed by atoms with van der Waals surface area (Å²) in [5.74, 6) is 1.06. The summed E-state index contributed by atoms with van der Waals surface area (Å²) in [4.78, 5) is 17.0. The van der Waals surface area contributed by atoms with Gasteiger partial charge in [0.2, 0.25) is 5.75 Å².